The lowest BCUT2D eigenvalue weighted by molar-refractivity contribution is 0.151. The number of anilines is 6. The summed E-state index contributed by atoms with van der Waals surface area (Å²) in [7, 11) is 14.2. The van der Waals surface area contributed by atoms with Crippen molar-refractivity contribution in [2.24, 2.45) is 42.3 Å². The third-order valence-corrected chi connectivity index (χ3v) is 14.0. The average molecular weight is 917 g/mol. The van der Waals surface area contributed by atoms with E-state index in [2.05, 4.69) is 30.2 Å². The summed E-state index contributed by atoms with van der Waals surface area (Å²) in [6.45, 7) is 1.50. The smallest absolute Gasteiger partial charge is 0.328 e. The van der Waals surface area contributed by atoms with Gasteiger partial charge < -0.3 is 20.0 Å². The molecule has 1 unspecified atom stereocenters. The monoisotopic (exact) mass is 916 g/mol. The van der Waals surface area contributed by atoms with E-state index in [1.54, 1.807) is 114 Å². The van der Waals surface area contributed by atoms with Crippen molar-refractivity contribution in [2.45, 2.75) is 38.0 Å². The second-order valence-corrected chi connectivity index (χ2v) is 18.0. The molecule has 10 rings (SSSR count). The third kappa shape index (κ3) is 7.06. The minimum absolute atomic E-state index is 0.0789. The van der Waals surface area contributed by atoms with E-state index in [9.17, 15) is 18.4 Å². The van der Waals surface area contributed by atoms with Crippen LogP contribution in [0.25, 0.3) is 44.3 Å². The summed E-state index contributed by atoms with van der Waals surface area (Å²) in [4.78, 5) is 33.1. The highest BCUT2D eigenvalue weighted by molar-refractivity contribution is 5.96. The summed E-state index contributed by atoms with van der Waals surface area (Å²) in [5.41, 5.74) is 10.4. The van der Waals surface area contributed by atoms with Gasteiger partial charge in [0.1, 0.15) is 0 Å². The molecule has 0 radical (unpaired) electrons. The Morgan fingerprint density at radius 1 is 0.687 bits per heavy atom. The zero-order chi connectivity index (χ0) is 47.3. The Hall–Kier alpha value is -7.24. The molecule has 0 spiro atoms. The lowest BCUT2D eigenvalue weighted by Crippen LogP contribution is -2.33. The number of nitrogens with zero attached hydrogens (tertiary/aromatic N) is 11. The van der Waals surface area contributed by atoms with Crippen molar-refractivity contribution < 1.29 is 17.6 Å². The van der Waals surface area contributed by atoms with E-state index in [-0.39, 0.29) is 28.4 Å². The first-order chi connectivity index (χ1) is 32.0. The summed E-state index contributed by atoms with van der Waals surface area (Å²) in [6, 6.07) is 14.8. The van der Waals surface area contributed by atoms with Gasteiger partial charge >= 0.3 is 11.4 Å². The molecule has 1 N–H and O–H groups in total. The van der Waals surface area contributed by atoms with Crippen LogP contribution < -0.4 is 31.4 Å². The maximum Gasteiger partial charge on any atom is 0.328 e. The zero-order valence-corrected chi connectivity index (χ0v) is 38.7. The standard InChI is InChI=1S/C49H52F4N12O2/c1-54-38-15-31(17-42-44(38)62(7)48(66)60(42)5)65-13-11-28(35-19-34(30-23-56-59(4)26-30)37(47(52)53)21-40(35)65)24-57(2)41-16-32(18-43-45(41)63(8)49(67)61(43)6)64-12-9-10-27-14-33(29-22-55-58(3)25-29)36(46(50)51)20-39(27)64/h14-23,25-26,28,46-47,54H,9-13,24H2,1-8H3. The number of fused-ring (bicyclic) bond motifs is 4. The van der Waals surface area contributed by atoms with Crippen LogP contribution in [0.5, 0.6) is 0 Å². The lowest BCUT2D eigenvalue weighted by Gasteiger charge is -2.39. The first-order valence-electron chi connectivity index (χ1n) is 22.3. The van der Waals surface area contributed by atoms with E-state index < -0.39 is 12.9 Å². The van der Waals surface area contributed by atoms with Gasteiger partial charge in [0.2, 0.25) is 0 Å². The van der Waals surface area contributed by atoms with Gasteiger partial charge in [0.05, 0.1) is 45.8 Å². The van der Waals surface area contributed by atoms with Gasteiger partial charge in [-0.2, -0.15) is 10.2 Å². The van der Waals surface area contributed by atoms with E-state index in [1.807, 2.05) is 43.4 Å². The van der Waals surface area contributed by atoms with Gasteiger partial charge in [0, 0.05) is 139 Å². The van der Waals surface area contributed by atoms with E-state index >= 15 is 8.78 Å². The zero-order valence-electron chi connectivity index (χ0n) is 38.7. The molecule has 0 aliphatic carbocycles. The first kappa shape index (κ1) is 43.6. The number of nitrogens with one attached hydrogen (secondary N) is 1. The normalized spacial score (nSPS) is 15.1. The Morgan fingerprint density at radius 2 is 1.24 bits per heavy atom. The quantitative estimate of drug-likeness (QED) is 0.136. The first-order valence-corrected chi connectivity index (χ1v) is 22.3. The molecule has 14 nitrogen and oxygen atoms in total. The van der Waals surface area contributed by atoms with Crippen molar-refractivity contribution in [3.8, 4) is 22.3 Å². The Labute approximate surface area is 383 Å². The fourth-order valence-electron chi connectivity index (χ4n) is 10.6. The fourth-order valence-corrected chi connectivity index (χ4v) is 10.6. The van der Waals surface area contributed by atoms with Crippen LogP contribution in [-0.2, 0) is 48.7 Å². The maximum absolute atomic E-state index is 15.3. The van der Waals surface area contributed by atoms with Crippen LogP contribution in [0, 0.1) is 0 Å². The Bertz CT molecular complexity index is 3390. The van der Waals surface area contributed by atoms with Crippen molar-refractivity contribution in [2.75, 3.05) is 53.7 Å². The summed E-state index contributed by atoms with van der Waals surface area (Å²) in [5, 5.41) is 11.8. The van der Waals surface area contributed by atoms with Crippen LogP contribution in [0.2, 0.25) is 0 Å². The molecule has 0 saturated carbocycles. The van der Waals surface area contributed by atoms with Gasteiger partial charge in [-0.3, -0.25) is 27.6 Å². The van der Waals surface area contributed by atoms with Gasteiger partial charge in [-0.05, 0) is 90.0 Å². The van der Waals surface area contributed by atoms with Gasteiger partial charge in [0.25, 0.3) is 12.9 Å². The molecule has 0 amide bonds. The molecule has 4 aromatic carbocycles. The predicted octanol–water partition coefficient (Wildman–Crippen LogP) is 8.63. The summed E-state index contributed by atoms with van der Waals surface area (Å²) in [6.07, 6.45) is 3.28. The maximum atomic E-state index is 15.3. The Balaban J connectivity index is 1.10. The second kappa shape index (κ2) is 16.3. The number of aromatic nitrogens is 8. The molecule has 6 heterocycles. The lowest BCUT2D eigenvalue weighted by atomic mass is 9.85. The molecule has 8 aromatic rings. The van der Waals surface area contributed by atoms with Crippen LogP contribution >= 0.6 is 0 Å². The molecule has 18 heteroatoms. The van der Waals surface area contributed by atoms with Crippen molar-refractivity contribution in [3.05, 3.63) is 117 Å². The molecule has 2 aliphatic rings. The third-order valence-electron chi connectivity index (χ3n) is 14.0. The fraction of sp³-hybridized carbons (Fsp3) is 0.347. The van der Waals surface area contributed by atoms with Gasteiger partial charge in [-0.25, -0.2) is 27.2 Å². The number of alkyl halides is 4. The predicted molar refractivity (Wildman–Crippen MR) is 256 cm³/mol. The summed E-state index contributed by atoms with van der Waals surface area (Å²) >= 11 is 0. The van der Waals surface area contributed by atoms with Crippen molar-refractivity contribution in [1.82, 2.24) is 37.8 Å². The van der Waals surface area contributed by atoms with Gasteiger partial charge in [0.15, 0.2) is 0 Å². The highest BCUT2D eigenvalue weighted by Gasteiger charge is 2.33. The second-order valence-electron chi connectivity index (χ2n) is 18.0. The van der Waals surface area contributed by atoms with Gasteiger partial charge in [-0.15, -0.1) is 0 Å². The van der Waals surface area contributed by atoms with Crippen LogP contribution in [0.15, 0.2) is 82.9 Å². The molecular formula is C49H52F4N12O2. The minimum atomic E-state index is -2.79. The van der Waals surface area contributed by atoms with E-state index in [1.165, 1.54) is 0 Å². The van der Waals surface area contributed by atoms with Crippen LogP contribution in [-0.4, -0.2) is 71.6 Å². The molecule has 348 valence electrons. The molecule has 1 atom stereocenters. The van der Waals surface area contributed by atoms with E-state index in [4.69, 9.17) is 0 Å². The molecule has 2 aliphatic heterocycles. The topological polar surface area (TPSA) is 111 Å². The van der Waals surface area contributed by atoms with Crippen molar-refractivity contribution in [3.63, 3.8) is 0 Å². The Morgan fingerprint density at radius 3 is 1.82 bits per heavy atom. The SMILES string of the molecule is CNc1cc(N2CCC(CN(C)c3cc(N4CCCc5cc(-c6cnn(C)c6)c(C(F)F)cc54)cc4c3n(C)c(=O)n4C)c3cc(-c4cnn(C)c4)c(C(F)F)cc32)cc2c1n(C)c(=O)n2C. The number of benzene rings is 4. The number of likely N-dealkylation sites (N-methyl/N-ethyl adjacent to an activating group) is 1. The number of aryl methyl sites for hydroxylation is 7. The number of hydrogen-bond acceptors (Lipinski definition) is 8. The molecular weight excluding hydrogens is 865 g/mol. The Kier molecular flexibility index (Phi) is 10.6. The molecule has 4 aromatic heterocycles. The van der Waals surface area contributed by atoms with Crippen molar-refractivity contribution >= 4 is 56.2 Å². The van der Waals surface area contributed by atoms with E-state index in [0.29, 0.717) is 82.7 Å². The largest absolute Gasteiger partial charge is 0.386 e. The number of imidazole rings is 2. The van der Waals surface area contributed by atoms with Gasteiger partial charge in [-0.1, -0.05) is 0 Å². The van der Waals surface area contributed by atoms with E-state index in [0.717, 1.165) is 45.8 Å². The summed E-state index contributed by atoms with van der Waals surface area (Å²) in [5.74, 6) is -0.179. The molecule has 0 fully saturated rings. The molecule has 67 heavy (non-hydrogen) atoms. The molecule has 0 bridgehead atoms. The van der Waals surface area contributed by atoms with Crippen LogP contribution in [0.3, 0.4) is 0 Å². The van der Waals surface area contributed by atoms with Crippen LogP contribution in [0.1, 0.15) is 53.9 Å². The average Bonchev–Trinajstić information content (AvgIpc) is 4.07. The highest BCUT2D eigenvalue weighted by atomic mass is 19.3. The number of rotatable bonds is 10. The number of hydrogen-bond donors (Lipinski definition) is 1. The minimum Gasteiger partial charge on any atom is -0.386 e. The highest BCUT2D eigenvalue weighted by Crippen LogP contribution is 2.48. The summed E-state index contributed by atoms with van der Waals surface area (Å²) < 4.78 is 69.9. The van der Waals surface area contributed by atoms with Crippen LogP contribution in [0.4, 0.5) is 51.7 Å². The van der Waals surface area contributed by atoms with Crippen molar-refractivity contribution in [1.29, 1.82) is 0 Å². The number of halogens is 4. The molecule has 0 saturated heterocycles.